The molecule has 0 aliphatic carbocycles. The summed E-state index contributed by atoms with van der Waals surface area (Å²) < 4.78 is 2.17. The summed E-state index contributed by atoms with van der Waals surface area (Å²) in [6, 6.07) is 0. The fourth-order valence-electron chi connectivity index (χ4n) is 3.75. The number of likely N-dealkylation sites (tertiary alicyclic amines) is 1. The molecule has 1 aromatic rings. The van der Waals surface area contributed by atoms with Crippen molar-refractivity contribution in [2.24, 2.45) is 11.8 Å². The van der Waals surface area contributed by atoms with Gasteiger partial charge in [0, 0.05) is 44.1 Å². The molecule has 100 valence electrons. The summed E-state index contributed by atoms with van der Waals surface area (Å²) >= 11 is 0. The third-order valence-electron chi connectivity index (χ3n) is 4.92. The van der Waals surface area contributed by atoms with Crippen molar-refractivity contribution < 1.29 is 0 Å². The molecular formula is C14H24N4. The Bertz CT molecular complexity index is 385. The van der Waals surface area contributed by atoms with Crippen LogP contribution in [0, 0.1) is 11.8 Å². The first-order valence-electron chi connectivity index (χ1n) is 7.09. The van der Waals surface area contributed by atoms with E-state index >= 15 is 0 Å². The van der Waals surface area contributed by atoms with Crippen LogP contribution in [-0.2, 0) is 6.54 Å². The Balaban J connectivity index is 1.54. The Hall–Kier alpha value is -0.870. The molecule has 3 rings (SSSR count). The van der Waals surface area contributed by atoms with Gasteiger partial charge < -0.3 is 9.88 Å². The molecule has 2 unspecified atom stereocenters. The minimum Gasteiger partial charge on any atom is -0.337 e. The van der Waals surface area contributed by atoms with Crippen molar-refractivity contribution in [2.75, 3.05) is 26.2 Å². The molecule has 0 radical (unpaired) electrons. The van der Waals surface area contributed by atoms with Crippen LogP contribution in [0.2, 0.25) is 0 Å². The van der Waals surface area contributed by atoms with Crippen molar-refractivity contribution in [3.05, 3.63) is 18.7 Å². The van der Waals surface area contributed by atoms with Gasteiger partial charge in [-0.25, -0.2) is 4.98 Å². The molecular weight excluding hydrogens is 224 g/mol. The minimum absolute atomic E-state index is 0.364. The molecule has 0 aromatic carbocycles. The highest BCUT2D eigenvalue weighted by Gasteiger charge is 2.48. The Morgan fingerprint density at radius 2 is 2.22 bits per heavy atom. The van der Waals surface area contributed by atoms with E-state index in [2.05, 4.69) is 33.6 Å². The molecule has 0 amide bonds. The molecule has 18 heavy (non-hydrogen) atoms. The molecule has 2 aliphatic heterocycles. The molecule has 1 aromatic heterocycles. The topological polar surface area (TPSA) is 33.1 Å². The second kappa shape index (κ2) is 4.67. The van der Waals surface area contributed by atoms with Crippen LogP contribution in [0.1, 0.15) is 20.3 Å². The van der Waals surface area contributed by atoms with E-state index in [-0.39, 0.29) is 0 Å². The highest BCUT2D eigenvalue weighted by Crippen LogP contribution is 2.40. The monoisotopic (exact) mass is 248 g/mol. The number of imidazole rings is 1. The van der Waals surface area contributed by atoms with Crippen LogP contribution in [0.15, 0.2) is 18.7 Å². The number of aryl methyl sites for hydroxylation is 1. The molecule has 4 heteroatoms. The van der Waals surface area contributed by atoms with Gasteiger partial charge in [0.05, 0.1) is 6.33 Å². The largest absolute Gasteiger partial charge is 0.337 e. The van der Waals surface area contributed by atoms with Gasteiger partial charge in [-0.05, 0) is 38.6 Å². The predicted octanol–water partition coefficient (Wildman–Crippen LogP) is 1.20. The molecule has 1 N–H and O–H groups in total. The normalized spacial score (nSPS) is 30.8. The number of aromatic nitrogens is 2. The first-order chi connectivity index (χ1) is 8.68. The van der Waals surface area contributed by atoms with Crippen molar-refractivity contribution in [1.29, 1.82) is 0 Å². The third-order valence-corrected chi connectivity index (χ3v) is 4.92. The molecule has 2 fully saturated rings. The first-order valence-corrected chi connectivity index (χ1v) is 7.09. The molecule has 2 aliphatic rings. The molecule has 2 saturated heterocycles. The van der Waals surface area contributed by atoms with Gasteiger partial charge in [0.25, 0.3) is 0 Å². The van der Waals surface area contributed by atoms with E-state index in [1.165, 1.54) is 32.6 Å². The maximum absolute atomic E-state index is 4.09. The lowest BCUT2D eigenvalue weighted by molar-refractivity contribution is 0.136. The van der Waals surface area contributed by atoms with Gasteiger partial charge >= 0.3 is 0 Å². The maximum Gasteiger partial charge on any atom is 0.0945 e. The number of nitrogens with zero attached hydrogens (tertiary/aromatic N) is 3. The fraction of sp³-hybridized carbons (Fsp3) is 0.786. The summed E-state index contributed by atoms with van der Waals surface area (Å²) in [6.07, 6.45) is 7.03. The zero-order chi connectivity index (χ0) is 12.6. The van der Waals surface area contributed by atoms with Gasteiger partial charge in [-0.3, -0.25) is 4.90 Å². The van der Waals surface area contributed by atoms with E-state index in [0.717, 1.165) is 18.4 Å². The number of fused-ring (bicyclic) bond motifs is 1. The van der Waals surface area contributed by atoms with E-state index < -0.39 is 0 Å². The third kappa shape index (κ3) is 2.08. The van der Waals surface area contributed by atoms with Crippen LogP contribution in [0.25, 0.3) is 0 Å². The quantitative estimate of drug-likeness (QED) is 0.869. The molecule has 0 spiro atoms. The molecule has 4 nitrogen and oxygen atoms in total. The molecule has 0 saturated carbocycles. The number of hydrogen-bond acceptors (Lipinski definition) is 3. The number of nitrogens with one attached hydrogen (secondary N) is 1. The second-order valence-electron chi connectivity index (χ2n) is 6.28. The van der Waals surface area contributed by atoms with Gasteiger partial charge in [0.1, 0.15) is 0 Å². The lowest BCUT2D eigenvalue weighted by Gasteiger charge is -2.35. The summed E-state index contributed by atoms with van der Waals surface area (Å²) in [5.74, 6) is 1.71. The molecule has 3 heterocycles. The molecule has 2 atom stereocenters. The minimum atomic E-state index is 0.364. The summed E-state index contributed by atoms with van der Waals surface area (Å²) in [5.41, 5.74) is 0.364. The highest BCUT2D eigenvalue weighted by atomic mass is 15.2. The van der Waals surface area contributed by atoms with Crippen LogP contribution in [0.3, 0.4) is 0 Å². The van der Waals surface area contributed by atoms with Crippen LogP contribution in [0.5, 0.6) is 0 Å². The summed E-state index contributed by atoms with van der Waals surface area (Å²) in [6.45, 7) is 10.8. The van der Waals surface area contributed by atoms with E-state index in [1.807, 2.05) is 18.7 Å². The van der Waals surface area contributed by atoms with E-state index in [9.17, 15) is 0 Å². The van der Waals surface area contributed by atoms with Crippen molar-refractivity contribution in [3.8, 4) is 0 Å². The van der Waals surface area contributed by atoms with E-state index in [0.29, 0.717) is 5.54 Å². The fourth-order valence-corrected chi connectivity index (χ4v) is 3.75. The SMILES string of the molecule is CC1(C)C2CNCC2CN1CCCn1ccnc1. The summed E-state index contributed by atoms with van der Waals surface area (Å²) in [4.78, 5) is 6.78. The number of rotatable bonds is 4. The van der Waals surface area contributed by atoms with Crippen molar-refractivity contribution in [1.82, 2.24) is 19.8 Å². The number of hydrogen-bond donors (Lipinski definition) is 1. The van der Waals surface area contributed by atoms with Crippen molar-refractivity contribution >= 4 is 0 Å². The standard InChI is InChI=1S/C14H24N4/c1-14(2)13-9-16-8-12(13)10-18(14)6-3-5-17-7-4-15-11-17/h4,7,11-13,16H,3,5-6,8-10H2,1-2H3. The Morgan fingerprint density at radius 1 is 1.33 bits per heavy atom. The zero-order valence-corrected chi connectivity index (χ0v) is 11.5. The van der Waals surface area contributed by atoms with Gasteiger partial charge in [-0.1, -0.05) is 0 Å². The van der Waals surface area contributed by atoms with Crippen LogP contribution >= 0.6 is 0 Å². The Labute approximate surface area is 109 Å². The predicted molar refractivity (Wildman–Crippen MR) is 72.3 cm³/mol. The van der Waals surface area contributed by atoms with Crippen LogP contribution in [-0.4, -0.2) is 46.2 Å². The van der Waals surface area contributed by atoms with E-state index in [4.69, 9.17) is 0 Å². The lowest BCUT2D eigenvalue weighted by Crippen LogP contribution is -2.44. The van der Waals surface area contributed by atoms with Crippen molar-refractivity contribution in [2.45, 2.75) is 32.4 Å². The Morgan fingerprint density at radius 3 is 2.94 bits per heavy atom. The van der Waals surface area contributed by atoms with Crippen LogP contribution in [0.4, 0.5) is 0 Å². The summed E-state index contributed by atoms with van der Waals surface area (Å²) in [7, 11) is 0. The average molecular weight is 248 g/mol. The van der Waals surface area contributed by atoms with E-state index in [1.54, 1.807) is 0 Å². The van der Waals surface area contributed by atoms with Crippen molar-refractivity contribution in [3.63, 3.8) is 0 Å². The smallest absolute Gasteiger partial charge is 0.0945 e. The molecule has 0 bridgehead atoms. The highest BCUT2D eigenvalue weighted by molar-refractivity contribution is 5.04. The maximum atomic E-state index is 4.09. The second-order valence-corrected chi connectivity index (χ2v) is 6.28. The first kappa shape index (κ1) is 12.2. The average Bonchev–Trinajstić information content (AvgIpc) is 3.00. The zero-order valence-electron chi connectivity index (χ0n) is 11.5. The Kier molecular flexibility index (Phi) is 3.16. The summed E-state index contributed by atoms with van der Waals surface area (Å²) in [5, 5.41) is 3.54. The lowest BCUT2D eigenvalue weighted by atomic mass is 9.85. The van der Waals surface area contributed by atoms with Gasteiger partial charge in [0.15, 0.2) is 0 Å². The van der Waals surface area contributed by atoms with Crippen LogP contribution < -0.4 is 5.32 Å². The van der Waals surface area contributed by atoms with Gasteiger partial charge in [-0.2, -0.15) is 0 Å². The van der Waals surface area contributed by atoms with Gasteiger partial charge in [0.2, 0.25) is 0 Å². The van der Waals surface area contributed by atoms with Gasteiger partial charge in [-0.15, -0.1) is 0 Å².